The molecule has 3 N–H and O–H groups in total. The van der Waals surface area contributed by atoms with Crippen LogP contribution in [0.2, 0.25) is 0 Å². The molecule has 0 aliphatic heterocycles. The number of esters is 1. The molecule has 0 aromatic heterocycles. The van der Waals surface area contributed by atoms with Crippen LogP contribution in [0.25, 0.3) is 0 Å². The number of nitrogens with two attached hydrogens (primary N) is 1. The Morgan fingerprint density at radius 2 is 2.11 bits per heavy atom. The fraction of sp³-hybridized carbons (Fsp3) is 0.462. The molecule has 18 heavy (non-hydrogen) atoms. The molecule has 0 radical (unpaired) electrons. The van der Waals surface area contributed by atoms with E-state index in [0.29, 0.717) is 0 Å². The summed E-state index contributed by atoms with van der Waals surface area (Å²) < 4.78 is 17.9. The Hall–Kier alpha value is -1.62. The summed E-state index contributed by atoms with van der Waals surface area (Å²) in [5, 5.41) is 9.72. The highest BCUT2D eigenvalue weighted by Crippen LogP contribution is 2.20. The van der Waals surface area contributed by atoms with Crippen molar-refractivity contribution in [1.82, 2.24) is 0 Å². The molecule has 1 atom stereocenters. The maximum Gasteiger partial charge on any atom is 0.340 e. The van der Waals surface area contributed by atoms with Crippen LogP contribution in [0.15, 0.2) is 18.2 Å². The minimum absolute atomic E-state index is 0.0314. The highest BCUT2D eigenvalue weighted by Gasteiger charge is 2.24. The van der Waals surface area contributed by atoms with Gasteiger partial charge in [0.2, 0.25) is 0 Å². The van der Waals surface area contributed by atoms with E-state index < -0.39 is 23.3 Å². The van der Waals surface area contributed by atoms with Crippen LogP contribution in [-0.2, 0) is 4.74 Å². The normalized spacial score (nSPS) is 13.2. The summed E-state index contributed by atoms with van der Waals surface area (Å²) >= 11 is 0. The molecule has 1 aromatic carbocycles. The average Bonchev–Trinajstić information content (AvgIpc) is 2.27. The van der Waals surface area contributed by atoms with Gasteiger partial charge in [0, 0.05) is 5.69 Å². The van der Waals surface area contributed by atoms with E-state index in [4.69, 9.17) is 10.5 Å². The van der Waals surface area contributed by atoms with Crippen molar-refractivity contribution in [1.29, 1.82) is 0 Å². The summed E-state index contributed by atoms with van der Waals surface area (Å²) in [6.07, 6.45) is -0.795. The molecule has 0 heterocycles. The lowest BCUT2D eigenvalue weighted by Crippen LogP contribution is -2.31. The molecule has 100 valence electrons. The Morgan fingerprint density at radius 3 is 2.67 bits per heavy atom. The number of rotatable bonds is 3. The van der Waals surface area contributed by atoms with Gasteiger partial charge in [0.25, 0.3) is 0 Å². The van der Waals surface area contributed by atoms with E-state index in [1.54, 1.807) is 0 Å². The quantitative estimate of drug-likeness (QED) is 0.639. The Labute approximate surface area is 106 Å². The third kappa shape index (κ3) is 3.70. The topological polar surface area (TPSA) is 72.5 Å². The molecular formula is C13H18FNO3. The fourth-order valence-electron chi connectivity index (χ4n) is 1.19. The Morgan fingerprint density at radius 1 is 1.50 bits per heavy atom. The Bertz CT molecular complexity index is 440. The molecule has 5 heteroatoms. The van der Waals surface area contributed by atoms with Crippen molar-refractivity contribution in [2.24, 2.45) is 5.41 Å². The molecule has 1 aromatic rings. The zero-order valence-corrected chi connectivity index (χ0v) is 10.7. The molecule has 4 nitrogen and oxygen atoms in total. The second kappa shape index (κ2) is 5.35. The minimum Gasteiger partial charge on any atom is -0.459 e. The van der Waals surface area contributed by atoms with Crippen molar-refractivity contribution in [3.8, 4) is 0 Å². The number of halogens is 1. The van der Waals surface area contributed by atoms with Crippen molar-refractivity contribution in [3.63, 3.8) is 0 Å². The average molecular weight is 255 g/mol. The van der Waals surface area contributed by atoms with Gasteiger partial charge in [0.1, 0.15) is 12.4 Å². The van der Waals surface area contributed by atoms with E-state index in [-0.39, 0.29) is 17.9 Å². The zero-order valence-electron chi connectivity index (χ0n) is 10.7. The lowest BCUT2D eigenvalue weighted by molar-refractivity contribution is -0.0103. The standard InChI is InChI=1S/C13H18FNO3/c1-13(2,3)11(16)7-18-12(17)9-6-8(14)4-5-10(9)15/h4-6,11,16H,7,15H2,1-3H3. The molecule has 0 saturated heterocycles. The van der Waals surface area contributed by atoms with Gasteiger partial charge in [-0.05, 0) is 23.6 Å². The zero-order chi connectivity index (χ0) is 13.9. The van der Waals surface area contributed by atoms with Crippen LogP contribution in [0.3, 0.4) is 0 Å². The summed E-state index contributed by atoms with van der Waals surface area (Å²) in [6.45, 7) is 5.31. The van der Waals surface area contributed by atoms with Gasteiger partial charge in [-0.25, -0.2) is 9.18 Å². The van der Waals surface area contributed by atoms with Crippen molar-refractivity contribution < 1.29 is 19.0 Å². The smallest absolute Gasteiger partial charge is 0.340 e. The van der Waals surface area contributed by atoms with Gasteiger partial charge < -0.3 is 15.6 Å². The predicted molar refractivity (Wildman–Crippen MR) is 66.6 cm³/mol. The largest absolute Gasteiger partial charge is 0.459 e. The molecule has 0 fully saturated rings. The van der Waals surface area contributed by atoms with Crippen LogP contribution >= 0.6 is 0 Å². The van der Waals surface area contributed by atoms with Crippen LogP contribution in [0.5, 0.6) is 0 Å². The van der Waals surface area contributed by atoms with Crippen LogP contribution in [0.1, 0.15) is 31.1 Å². The lowest BCUT2D eigenvalue weighted by Gasteiger charge is -2.25. The molecular weight excluding hydrogens is 237 g/mol. The number of anilines is 1. The summed E-state index contributed by atoms with van der Waals surface area (Å²) in [7, 11) is 0. The van der Waals surface area contributed by atoms with Gasteiger partial charge in [-0.3, -0.25) is 0 Å². The first-order valence-electron chi connectivity index (χ1n) is 5.62. The van der Waals surface area contributed by atoms with Crippen molar-refractivity contribution >= 4 is 11.7 Å². The second-order valence-corrected chi connectivity index (χ2v) is 5.21. The monoisotopic (exact) mass is 255 g/mol. The van der Waals surface area contributed by atoms with Crippen LogP contribution < -0.4 is 5.73 Å². The molecule has 0 saturated carbocycles. The summed E-state index contributed by atoms with van der Waals surface area (Å²) in [5.74, 6) is -1.30. The molecule has 1 unspecified atom stereocenters. The van der Waals surface area contributed by atoms with Gasteiger partial charge >= 0.3 is 5.97 Å². The Balaban J connectivity index is 2.69. The van der Waals surface area contributed by atoms with E-state index in [1.165, 1.54) is 6.07 Å². The van der Waals surface area contributed by atoms with E-state index in [9.17, 15) is 14.3 Å². The molecule has 0 amide bonds. The van der Waals surface area contributed by atoms with E-state index >= 15 is 0 Å². The van der Waals surface area contributed by atoms with Crippen LogP contribution in [-0.4, -0.2) is 23.8 Å². The van der Waals surface area contributed by atoms with Crippen molar-refractivity contribution in [2.75, 3.05) is 12.3 Å². The highest BCUT2D eigenvalue weighted by atomic mass is 19.1. The number of carbonyl (C=O) groups excluding carboxylic acids is 1. The van der Waals surface area contributed by atoms with Gasteiger partial charge in [-0.2, -0.15) is 0 Å². The number of ether oxygens (including phenoxy) is 1. The van der Waals surface area contributed by atoms with Gasteiger partial charge in [0.05, 0.1) is 11.7 Å². The van der Waals surface area contributed by atoms with Gasteiger partial charge in [0.15, 0.2) is 0 Å². The van der Waals surface area contributed by atoms with Gasteiger partial charge in [-0.15, -0.1) is 0 Å². The Kier molecular flexibility index (Phi) is 4.29. The number of aliphatic hydroxyl groups excluding tert-OH is 1. The first-order valence-corrected chi connectivity index (χ1v) is 5.62. The summed E-state index contributed by atoms with van der Waals surface area (Å²) in [5.41, 5.74) is 5.27. The van der Waals surface area contributed by atoms with Gasteiger partial charge in [-0.1, -0.05) is 20.8 Å². The van der Waals surface area contributed by atoms with E-state index in [1.807, 2.05) is 20.8 Å². The molecule has 0 bridgehead atoms. The number of nitrogen functional groups attached to an aromatic ring is 1. The summed E-state index contributed by atoms with van der Waals surface area (Å²) in [6, 6.07) is 3.48. The number of hydrogen-bond acceptors (Lipinski definition) is 4. The minimum atomic E-state index is -0.795. The molecule has 0 aliphatic carbocycles. The third-order valence-corrected chi connectivity index (χ3v) is 2.61. The maximum absolute atomic E-state index is 13.0. The maximum atomic E-state index is 13.0. The van der Waals surface area contributed by atoms with Crippen LogP contribution in [0, 0.1) is 11.2 Å². The molecule has 0 spiro atoms. The first kappa shape index (κ1) is 14.4. The summed E-state index contributed by atoms with van der Waals surface area (Å²) in [4.78, 5) is 11.7. The molecule has 0 aliphatic rings. The number of benzene rings is 1. The number of aliphatic hydroxyl groups is 1. The van der Waals surface area contributed by atoms with Crippen molar-refractivity contribution in [2.45, 2.75) is 26.9 Å². The first-order chi connectivity index (χ1) is 8.21. The fourth-order valence-corrected chi connectivity index (χ4v) is 1.19. The number of carbonyl (C=O) groups is 1. The third-order valence-electron chi connectivity index (χ3n) is 2.61. The second-order valence-electron chi connectivity index (χ2n) is 5.21. The van der Waals surface area contributed by atoms with Crippen LogP contribution in [0.4, 0.5) is 10.1 Å². The number of hydrogen-bond donors (Lipinski definition) is 2. The molecule has 1 rings (SSSR count). The highest BCUT2D eigenvalue weighted by molar-refractivity contribution is 5.95. The van der Waals surface area contributed by atoms with E-state index in [0.717, 1.165) is 12.1 Å². The predicted octanol–water partition coefficient (Wildman–Crippen LogP) is 1.97. The van der Waals surface area contributed by atoms with E-state index in [2.05, 4.69) is 0 Å². The van der Waals surface area contributed by atoms with Crippen molar-refractivity contribution in [3.05, 3.63) is 29.6 Å². The lowest BCUT2D eigenvalue weighted by atomic mass is 9.90. The SMILES string of the molecule is CC(C)(C)C(O)COC(=O)c1cc(F)ccc1N.